The Morgan fingerprint density at radius 2 is 1.31 bits per heavy atom. The minimum Gasteiger partial charge on any atom is -0.469 e. The second-order valence-corrected chi connectivity index (χ2v) is 13.4. The number of halogens is 4. The SMILES string of the molecule is COC(=O)C1(Cc2cncn2[C@H](C)c2ccc(F)cc2)CCN(C(=O)OC(C)(C)C)CC1.C[C@H](c1ccc(F)cc1)n1cncc1CCl.Cl. The number of amides is 1. The van der Waals surface area contributed by atoms with Crippen LogP contribution < -0.4 is 0 Å². The van der Waals surface area contributed by atoms with Gasteiger partial charge in [0.25, 0.3) is 0 Å². The minimum atomic E-state index is -0.756. The Bertz CT molecular complexity index is 1650. The molecular weight excluding hydrogens is 675 g/mol. The third-order valence-electron chi connectivity index (χ3n) is 8.68. The van der Waals surface area contributed by atoms with Crippen molar-refractivity contribution < 1.29 is 27.8 Å². The molecule has 3 heterocycles. The van der Waals surface area contributed by atoms with Crippen LogP contribution in [0.2, 0.25) is 0 Å². The lowest BCUT2D eigenvalue weighted by atomic mass is 9.74. The number of imidazole rings is 2. The summed E-state index contributed by atoms with van der Waals surface area (Å²) in [6.07, 6.45) is 7.97. The summed E-state index contributed by atoms with van der Waals surface area (Å²) < 4.78 is 40.8. The number of rotatable bonds is 8. The largest absolute Gasteiger partial charge is 0.469 e. The molecule has 0 unspecified atom stereocenters. The van der Waals surface area contributed by atoms with E-state index in [1.807, 2.05) is 43.8 Å². The highest BCUT2D eigenvalue weighted by atomic mass is 35.5. The van der Waals surface area contributed by atoms with Crippen molar-refractivity contribution in [3.63, 3.8) is 0 Å². The molecule has 0 saturated carbocycles. The lowest BCUT2D eigenvalue weighted by molar-refractivity contribution is -0.156. The van der Waals surface area contributed by atoms with Gasteiger partial charge in [-0.3, -0.25) is 4.79 Å². The molecule has 49 heavy (non-hydrogen) atoms. The number of methoxy groups -OCH3 is 1. The number of likely N-dealkylation sites (tertiary alicyclic amines) is 1. The smallest absolute Gasteiger partial charge is 0.410 e. The van der Waals surface area contributed by atoms with E-state index in [9.17, 15) is 18.4 Å². The summed E-state index contributed by atoms with van der Waals surface area (Å²) in [6, 6.07) is 12.9. The minimum absolute atomic E-state index is 0. The van der Waals surface area contributed by atoms with Gasteiger partial charge >= 0.3 is 12.1 Å². The van der Waals surface area contributed by atoms with E-state index in [1.165, 1.54) is 31.4 Å². The third kappa shape index (κ3) is 10.0. The van der Waals surface area contributed by atoms with Gasteiger partial charge in [0.1, 0.15) is 17.2 Å². The van der Waals surface area contributed by atoms with Gasteiger partial charge in [0.2, 0.25) is 0 Å². The number of benzene rings is 2. The number of carbonyl (C=O) groups excluding carboxylic acids is 2. The molecule has 2 aromatic carbocycles. The fraction of sp³-hybridized carbons (Fsp3) is 0.444. The molecule has 9 nitrogen and oxygen atoms in total. The molecule has 1 fully saturated rings. The zero-order chi connectivity index (χ0) is 35.1. The third-order valence-corrected chi connectivity index (χ3v) is 8.95. The van der Waals surface area contributed by atoms with Crippen LogP contribution in [0, 0.1) is 17.0 Å². The number of nitrogens with zero attached hydrogens (tertiary/aromatic N) is 5. The lowest BCUT2D eigenvalue weighted by Gasteiger charge is -2.40. The highest BCUT2D eigenvalue weighted by Gasteiger charge is 2.44. The first-order chi connectivity index (χ1) is 22.8. The number of carbonyl (C=O) groups is 2. The van der Waals surface area contributed by atoms with Gasteiger partial charge in [0.15, 0.2) is 0 Å². The molecule has 1 aliphatic heterocycles. The Hall–Kier alpha value is -3.96. The number of esters is 1. The first kappa shape index (κ1) is 39.5. The number of aromatic nitrogens is 4. The Kier molecular flexibility index (Phi) is 13.8. The maximum Gasteiger partial charge on any atom is 0.410 e. The van der Waals surface area contributed by atoms with Crippen molar-refractivity contribution >= 4 is 36.1 Å². The van der Waals surface area contributed by atoms with E-state index in [1.54, 1.807) is 54.2 Å². The highest BCUT2D eigenvalue weighted by Crippen LogP contribution is 2.38. The van der Waals surface area contributed by atoms with Gasteiger partial charge in [-0.15, -0.1) is 24.0 Å². The molecule has 1 amide bonds. The molecule has 266 valence electrons. The Morgan fingerprint density at radius 1 is 0.857 bits per heavy atom. The van der Waals surface area contributed by atoms with E-state index in [4.69, 9.17) is 21.1 Å². The van der Waals surface area contributed by atoms with E-state index in [-0.39, 0.29) is 48.2 Å². The van der Waals surface area contributed by atoms with Crippen molar-refractivity contribution in [1.82, 2.24) is 24.0 Å². The molecule has 13 heteroatoms. The van der Waals surface area contributed by atoms with Gasteiger partial charge in [0, 0.05) is 37.6 Å². The summed E-state index contributed by atoms with van der Waals surface area (Å²) in [5.41, 5.74) is 2.49. The molecule has 0 spiro atoms. The second kappa shape index (κ2) is 17.1. The Balaban J connectivity index is 0.000000321. The van der Waals surface area contributed by atoms with Gasteiger partial charge in [-0.05, 0) is 82.9 Å². The van der Waals surface area contributed by atoms with Gasteiger partial charge < -0.3 is 23.5 Å². The van der Waals surface area contributed by atoms with E-state index in [0.717, 1.165) is 22.5 Å². The van der Waals surface area contributed by atoms with Crippen molar-refractivity contribution in [2.75, 3.05) is 20.2 Å². The molecular formula is C36H45Cl2F2N5O4. The van der Waals surface area contributed by atoms with E-state index in [0.29, 0.717) is 38.2 Å². The van der Waals surface area contributed by atoms with Crippen LogP contribution in [0.1, 0.15) is 82.1 Å². The normalized spacial score (nSPS) is 15.2. The molecule has 0 radical (unpaired) electrons. The Morgan fingerprint density at radius 3 is 1.73 bits per heavy atom. The number of ether oxygens (including phenoxy) is 2. The van der Waals surface area contributed by atoms with Crippen molar-refractivity contribution in [3.8, 4) is 0 Å². The van der Waals surface area contributed by atoms with Gasteiger partial charge in [-0.25, -0.2) is 23.5 Å². The van der Waals surface area contributed by atoms with Crippen molar-refractivity contribution in [3.05, 3.63) is 108 Å². The maximum absolute atomic E-state index is 13.3. The maximum atomic E-state index is 13.3. The molecule has 5 rings (SSSR count). The summed E-state index contributed by atoms with van der Waals surface area (Å²) in [7, 11) is 1.39. The lowest BCUT2D eigenvalue weighted by Crippen LogP contribution is -2.49. The van der Waals surface area contributed by atoms with Crippen LogP contribution in [0.3, 0.4) is 0 Å². The number of hydrogen-bond acceptors (Lipinski definition) is 6. The summed E-state index contributed by atoms with van der Waals surface area (Å²) in [6.45, 7) is 10.3. The Labute approximate surface area is 298 Å². The zero-order valence-electron chi connectivity index (χ0n) is 28.7. The van der Waals surface area contributed by atoms with Crippen LogP contribution in [-0.2, 0) is 26.6 Å². The van der Waals surface area contributed by atoms with Crippen molar-refractivity contribution in [1.29, 1.82) is 0 Å². The quantitative estimate of drug-likeness (QED) is 0.135. The van der Waals surface area contributed by atoms with Crippen molar-refractivity contribution in [2.24, 2.45) is 5.41 Å². The highest BCUT2D eigenvalue weighted by molar-refractivity contribution is 6.16. The molecule has 0 aliphatic carbocycles. The molecule has 2 atom stereocenters. The summed E-state index contributed by atoms with van der Waals surface area (Å²) in [5, 5.41) is 0. The first-order valence-electron chi connectivity index (χ1n) is 15.9. The van der Waals surface area contributed by atoms with Gasteiger partial charge in [-0.1, -0.05) is 24.3 Å². The summed E-state index contributed by atoms with van der Waals surface area (Å²) in [4.78, 5) is 35.3. The van der Waals surface area contributed by atoms with E-state index >= 15 is 0 Å². The van der Waals surface area contributed by atoms with Crippen LogP contribution >= 0.6 is 24.0 Å². The fourth-order valence-corrected chi connectivity index (χ4v) is 6.07. The standard InChI is InChI=1S/C24H32FN3O4.C12H12ClFN2.ClH/c1-17(18-6-8-19(25)9-7-18)28-16-26-15-20(28)14-24(21(29)31-5)10-12-27(13-11-24)22(30)32-23(2,3)4;1-9(10-2-4-11(14)5-3-10)16-8-15-7-12(16)6-13;/h6-9,15-17H,10-14H2,1-5H3;2-5,7-9H,6H2,1H3;1H/t17-;9-;/m11./s1. The summed E-state index contributed by atoms with van der Waals surface area (Å²) >= 11 is 5.81. The van der Waals surface area contributed by atoms with Crippen LogP contribution in [-0.4, -0.2) is 61.9 Å². The molecule has 4 aromatic rings. The first-order valence-corrected chi connectivity index (χ1v) is 16.4. The molecule has 1 aliphatic rings. The molecule has 2 aromatic heterocycles. The average Bonchev–Trinajstić information content (AvgIpc) is 3.74. The van der Waals surface area contributed by atoms with E-state index in [2.05, 4.69) is 9.97 Å². The van der Waals surface area contributed by atoms with Gasteiger partial charge in [0.05, 0.1) is 48.8 Å². The van der Waals surface area contributed by atoms with Crippen LogP contribution in [0.25, 0.3) is 0 Å². The van der Waals surface area contributed by atoms with Crippen LogP contribution in [0.15, 0.2) is 73.6 Å². The fourth-order valence-electron chi connectivity index (χ4n) is 5.87. The second-order valence-electron chi connectivity index (χ2n) is 13.1. The zero-order valence-corrected chi connectivity index (χ0v) is 30.3. The van der Waals surface area contributed by atoms with Crippen molar-refractivity contribution in [2.45, 2.75) is 77.4 Å². The number of hydrogen-bond donors (Lipinski definition) is 0. The predicted octanol–water partition coefficient (Wildman–Crippen LogP) is 8.16. The van der Waals surface area contributed by atoms with Crippen LogP contribution in [0.5, 0.6) is 0 Å². The molecule has 1 saturated heterocycles. The monoisotopic (exact) mass is 719 g/mol. The number of piperidine rings is 1. The predicted molar refractivity (Wildman–Crippen MR) is 187 cm³/mol. The molecule has 0 bridgehead atoms. The van der Waals surface area contributed by atoms with Crippen LogP contribution in [0.4, 0.5) is 13.6 Å². The van der Waals surface area contributed by atoms with E-state index < -0.39 is 11.0 Å². The molecule has 0 N–H and O–H groups in total. The topological polar surface area (TPSA) is 91.5 Å². The van der Waals surface area contributed by atoms with Gasteiger partial charge in [-0.2, -0.15) is 0 Å². The average molecular weight is 721 g/mol. The summed E-state index contributed by atoms with van der Waals surface area (Å²) in [5.74, 6) is -0.373. The number of alkyl halides is 1.